The highest BCUT2D eigenvalue weighted by Crippen LogP contribution is 2.22. The first kappa shape index (κ1) is 10.4. The second-order valence-corrected chi connectivity index (χ2v) is 4.37. The summed E-state index contributed by atoms with van der Waals surface area (Å²) < 4.78 is 0.802. The molecule has 1 aliphatic heterocycles. The summed E-state index contributed by atoms with van der Waals surface area (Å²) in [7, 11) is 0. The van der Waals surface area contributed by atoms with Crippen LogP contribution in [0.2, 0.25) is 0 Å². The highest BCUT2D eigenvalue weighted by Gasteiger charge is 2.30. The molecule has 2 rings (SSSR count). The van der Waals surface area contributed by atoms with Gasteiger partial charge < -0.3 is 0 Å². The van der Waals surface area contributed by atoms with Crippen molar-refractivity contribution in [3.05, 3.63) is 16.1 Å². The molecule has 2 heterocycles. The average Bonchev–Trinajstić information content (AvgIpc) is 2.61. The van der Waals surface area contributed by atoms with Gasteiger partial charge in [0.25, 0.3) is 0 Å². The fourth-order valence-corrected chi connectivity index (χ4v) is 1.76. The van der Waals surface area contributed by atoms with E-state index in [0.717, 1.165) is 3.70 Å². The summed E-state index contributed by atoms with van der Waals surface area (Å²) in [5.41, 5.74) is 0. The molecule has 5 heteroatoms. The van der Waals surface area contributed by atoms with Gasteiger partial charge >= 0.3 is 0 Å². The normalized spacial score (nSPS) is 20.4. The van der Waals surface area contributed by atoms with Gasteiger partial charge in [-0.3, -0.25) is 9.69 Å². The molecule has 76 valence electrons. The SMILES string of the molecule is C#CC1CC(=O)N(c2cnc(I)cn2)C1. The number of amides is 1. The Bertz CT molecular complexity index is 423. The van der Waals surface area contributed by atoms with Gasteiger partial charge in [0.1, 0.15) is 3.70 Å². The van der Waals surface area contributed by atoms with E-state index in [1.54, 1.807) is 17.3 Å². The summed E-state index contributed by atoms with van der Waals surface area (Å²) >= 11 is 2.07. The van der Waals surface area contributed by atoms with E-state index >= 15 is 0 Å². The average molecular weight is 313 g/mol. The van der Waals surface area contributed by atoms with E-state index in [1.165, 1.54) is 0 Å². The van der Waals surface area contributed by atoms with E-state index in [4.69, 9.17) is 6.42 Å². The van der Waals surface area contributed by atoms with Crippen LogP contribution in [0, 0.1) is 22.0 Å². The van der Waals surface area contributed by atoms with E-state index in [9.17, 15) is 4.79 Å². The first-order valence-corrected chi connectivity index (χ1v) is 5.52. The lowest BCUT2D eigenvalue weighted by atomic mass is 10.1. The molecule has 15 heavy (non-hydrogen) atoms. The van der Waals surface area contributed by atoms with Crippen LogP contribution in [0.3, 0.4) is 0 Å². The van der Waals surface area contributed by atoms with Crippen molar-refractivity contribution >= 4 is 34.3 Å². The van der Waals surface area contributed by atoms with Crippen LogP contribution in [0.4, 0.5) is 5.82 Å². The Balaban J connectivity index is 2.22. The Kier molecular flexibility index (Phi) is 2.86. The van der Waals surface area contributed by atoms with Crippen LogP contribution >= 0.6 is 22.6 Å². The monoisotopic (exact) mass is 313 g/mol. The number of nitrogens with zero attached hydrogens (tertiary/aromatic N) is 3. The van der Waals surface area contributed by atoms with Gasteiger partial charge in [0, 0.05) is 18.9 Å². The summed E-state index contributed by atoms with van der Waals surface area (Å²) in [6.07, 6.45) is 8.93. The zero-order chi connectivity index (χ0) is 10.8. The van der Waals surface area contributed by atoms with Gasteiger partial charge in [0.15, 0.2) is 5.82 Å². The quantitative estimate of drug-likeness (QED) is 0.575. The number of carbonyl (C=O) groups is 1. The van der Waals surface area contributed by atoms with E-state index < -0.39 is 0 Å². The minimum Gasteiger partial charge on any atom is -0.294 e. The fraction of sp³-hybridized carbons (Fsp3) is 0.300. The summed E-state index contributed by atoms with van der Waals surface area (Å²) in [6.45, 7) is 0.546. The van der Waals surface area contributed by atoms with Gasteiger partial charge in [-0.05, 0) is 22.6 Å². The third-order valence-electron chi connectivity index (χ3n) is 2.24. The lowest BCUT2D eigenvalue weighted by Gasteiger charge is -2.13. The van der Waals surface area contributed by atoms with Crippen LogP contribution in [0.15, 0.2) is 12.4 Å². The van der Waals surface area contributed by atoms with Crippen LogP contribution in [-0.2, 0) is 4.79 Å². The van der Waals surface area contributed by atoms with E-state index in [-0.39, 0.29) is 11.8 Å². The lowest BCUT2D eigenvalue weighted by Crippen LogP contribution is -2.25. The standard InChI is InChI=1S/C10H8IN3O/c1-2-7-3-10(15)14(6-7)9-5-12-8(11)4-13-9/h1,4-5,7H,3,6H2. The zero-order valence-electron chi connectivity index (χ0n) is 7.85. The maximum Gasteiger partial charge on any atom is 0.229 e. The summed E-state index contributed by atoms with van der Waals surface area (Å²) in [4.78, 5) is 21.4. The van der Waals surface area contributed by atoms with Crippen molar-refractivity contribution in [1.29, 1.82) is 0 Å². The molecule has 1 atom stereocenters. The Morgan fingerprint density at radius 3 is 2.87 bits per heavy atom. The molecule has 1 aliphatic rings. The fourth-order valence-electron chi connectivity index (χ4n) is 1.49. The molecule has 0 aromatic carbocycles. The molecule has 1 fully saturated rings. The molecule has 1 unspecified atom stereocenters. The summed E-state index contributed by atoms with van der Waals surface area (Å²) in [5, 5.41) is 0. The molecule has 1 aromatic rings. The molecule has 1 saturated heterocycles. The number of terminal acetylenes is 1. The van der Waals surface area contributed by atoms with Crippen molar-refractivity contribution in [3.8, 4) is 12.3 Å². The summed E-state index contributed by atoms with van der Waals surface area (Å²) in [5.74, 6) is 3.20. The minimum absolute atomic E-state index is 0.00132. The van der Waals surface area contributed by atoms with Gasteiger partial charge in [0.05, 0.1) is 12.4 Å². The van der Waals surface area contributed by atoms with Gasteiger partial charge in [-0.25, -0.2) is 9.97 Å². The third-order valence-corrected chi connectivity index (χ3v) is 2.80. The molecule has 0 aliphatic carbocycles. The number of aromatic nitrogens is 2. The van der Waals surface area contributed by atoms with Crippen molar-refractivity contribution in [2.75, 3.05) is 11.4 Å². The van der Waals surface area contributed by atoms with Gasteiger partial charge in [-0.15, -0.1) is 12.3 Å². The maximum atomic E-state index is 11.6. The van der Waals surface area contributed by atoms with Crippen LogP contribution < -0.4 is 4.90 Å². The topological polar surface area (TPSA) is 46.1 Å². The molecule has 0 N–H and O–H groups in total. The Morgan fingerprint density at radius 2 is 2.33 bits per heavy atom. The van der Waals surface area contributed by atoms with Crippen molar-refractivity contribution in [2.45, 2.75) is 6.42 Å². The van der Waals surface area contributed by atoms with Crippen LogP contribution in [0.5, 0.6) is 0 Å². The highest BCUT2D eigenvalue weighted by atomic mass is 127. The van der Waals surface area contributed by atoms with Gasteiger partial charge in [-0.2, -0.15) is 0 Å². The number of halogens is 1. The molecule has 1 aromatic heterocycles. The van der Waals surface area contributed by atoms with E-state index in [2.05, 4.69) is 38.5 Å². The smallest absolute Gasteiger partial charge is 0.229 e. The molecular weight excluding hydrogens is 305 g/mol. The predicted molar refractivity (Wildman–Crippen MR) is 64.0 cm³/mol. The Morgan fingerprint density at radius 1 is 1.53 bits per heavy atom. The largest absolute Gasteiger partial charge is 0.294 e. The number of carbonyl (C=O) groups excluding carboxylic acids is 1. The maximum absolute atomic E-state index is 11.6. The molecule has 0 spiro atoms. The van der Waals surface area contributed by atoms with Crippen molar-refractivity contribution in [2.24, 2.45) is 5.92 Å². The number of hydrogen-bond donors (Lipinski definition) is 0. The van der Waals surface area contributed by atoms with Gasteiger partial charge in [-0.1, -0.05) is 0 Å². The van der Waals surface area contributed by atoms with Crippen LogP contribution in [0.1, 0.15) is 6.42 Å². The molecular formula is C10H8IN3O. The molecule has 4 nitrogen and oxygen atoms in total. The van der Waals surface area contributed by atoms with Crippen LogP contribution in [0.25, 0.3) is 0 Å². The second kappa shape index (κ2) is 4.14. The summed E-state index contributed by atoms with van der Waals surface area (Å²) in [6, 6.07) is 0. The molecule has 1 amide bonds. The lowest BCUT2D eigenvalue weighted by molar-refractivity contribution is -0.117. The van der Waals surface area contributed by atoms with Crippen molar-refractivity contribution in [3.63, 3.8) is 0 Å². The van der Waals surface area contributed by atoms with E-state index in [0.29, 0.717) is 18.8 Å². The molecule has 0 bridgehead atoms. The van der Waals surface area contributed by atoms with Crippen molar-refractivity contribution in [1.82, 2.24) is 9.97 Å². The Labute approximate surface area is 101 Å². The predicted octanol–water partition coefficient (Wildman–Crippen LogP) is 1.07. The Hall–Kier alpha value is -1.16. The van der Waals surface area contributed by atoms with Crippen molar-refractivity contribution < 1.29 is 4.79 Å². The molecule has 0 radical (unpaired) electrons. The highest BCUT2D eigenvalue weighted by molar-refractivity contribution is 14.1. The minimum atomic E-state index is -0.00132. The molecule has 0 saturated carbocycles. The number of rotatable bonds is 1. The number of anilines is 1. The van der Waals surface area contributed by atoms with Crippen LogP contribution in [-0.4, -0.2) is 22.4 Å². The first-order chi connectivity index (χ1) is 7.20. The second-order valence-electron chi connectivity index (χ2n) is 3.27. The third kappa shape index (κ3) is 2.09. The van der Waals surface area contributed by atoms with E-state index in [1.807, 2.05) is 0 Å². The zero-order valence-corrected chi connectivity index (χ0v) is 10.0. The first-order valence-electron chi connectivity index (χ1n) is 4.44. The van der Waals surface area contributed by atoms with Gasteiger partial charge in [0.2, 0.25) is 5.91 Å². The number of hydrogen-bond acceptors (Lipinski definition) is 3.